The molecule has 1 unspecified atom stereocenters. The van der Waals surface area contributed by atoms with Crippen molar-refractivity contribution < 1.29 is 14.3 Å². The summed E-state index contributed by atoms with van der Waals surface area (Å²) in [7, 11) is 0. The zero-order chi connectivity index (χ0) is 19.5. The van der Waals surface area contributed by atoms with Crippen LogP contribution in [0.5, 0.6) is 0 Å². The molecule has 1 heterocycles. The van der Waals surface area contributed by atoms with Crippen LogP contribution in [0.3, 0.4) is 0 Å². The number of nitrogens with one attached hydrogen (secondary N) is 1. The van der Waals surface area contributed by atoms with E-state index < -0.39 is 11.5 Å². The average molecular weight is 371 g/mol. The van der Waals surface area contributed by atoms with Crippen LogP contribution < -0.4 is 5.73 Å². The van der Waals surface area contributed by atoms with Crippen molar-refractivity contribution in [3.63, 3.8) is 0 Å². The van der Waals surface area contributed by atoms with E-state index in [9.17, 15) is 9.59 Å². The number of aromatic amines is 1. The topological polar surface area (TPSA) is 98.1 Å². The highest BCUT2D eigenvalue weighted by molar-refractivity contribution is 5.92. The van der Waals surface area contributed by atoms with E-state index >= 15 is 0 Å². The number of ketones is 1. The summed E-state index contributed by atoms with van der Waals surface area (Å²) >= 11 is 0. The van der Waals surface area contributed by atoms with Crippen molar-refractivity contribution >= 4 is 11.8 Å². The summed E-state index contributed by atoms with van der Waals surface area (Å²) in [5.74, 6) is 0.331. The lowest BCUT2D eigenvalue weighted by Crippen LogP contribution is -2.49. The molecular formula is C21H29N3O3. The molecule has 0 aliphatic heterocycles. The smallest absolute Gasteiger partial charge is 0.308 e. The molecule has 1 aromatic carbocycles. The first-order chi connectivity index (χ1) is 13.0. The number of imidazole rings is 1. The lowest BCUT2D eigenvalue weighted by molar-refractivity contribution is -0.148. The van der Waals surface area contributed by atoms with E-state index in [0.717, 1.165) is 24.2 Å². The molecule has 1 atom stereocenters. The summed E-state index contributed by atoms with van der Waals surface area (Å²) < 4.78 is 5.33. The number of hydrogen-bond donors (Lipinski definition) is 2. The maximum atomic E-state index is 12.7. The van der Waals surface area contributed by atoms with E-state index in [0.29, 0.717) is 25.7 Å². The SMILES string of the molecule is CCCCC(N)(CC(=O)OCc1ccccc1)C(=O)CCCc1ncc[nH]1. The Labute approximate surface area is 160 Å². The number of nitrogens with zero attached hydrogens (tertiary/aromatic N) is 1. The lowest BCUT2D eigenvalue weighted by Gasteiger charge is -2.27. The number of aromatic nitrogens is 2. The fourth-order valence-corrected chi connectivity index (χ4v) is 2.97. The van der Waals surface area contributed by atoms with Crippen LogP contribution in [0, 0.1) is 0 Å². The third-order valence-corrected chi connectivity index (χ3v) is 4.61. The van der Waals surface area contributed by atoms with Gasteiger partial charge in [0.25, 0.3) is 0 Å². The second-order valence-corrected chi connectivity index (χ2v) is 6.90. The van der Waals surface area contributed by atoms with Crippen LogP contribution in [-0.2, 0) is 27.4 Å². The Kier molecular flexibility index (Phi) is 8.20. The monoisotopic (exact) mass is 371 g/mol. The molecule has 0 aliphatic rings. The van der Waals surface area contributed by atoms with E-state index in [1.807, 2.05) is 37.3 Å². The Morgan fingerprint density at radius 3 is 2.67 bits per heavy atom. The summed E-state index contributed by atoms with van der Waals surface area (Å²) in [5, 5.41) is 0. The molecule has 0 aliphatic carbocycles. The Bertz CT molecular complexity index is 701. The number of ether oxygens (including phenoxy) is 1. The highest BCUT2D eigenvalue weighted by Crippen LogP contribution is 2.21. The number of unbranched alkanes of at least 4 members (excludes halogenated alkanes) is 1. The number of carbonyl (C=O) groups is 2. The maximum absolute atomic E-state index is 12.7. The molecule has 2 aromatic rings. The minimum absolute atomic E-state index is 0.0839. The summed E-state index contributed by atoms with van der Waals surface area (Å²) in [6.07, 6.45) is 7.22. The van der Waals surface area contributed by atoms with Gasteiger partial charge in [0.2, 0.25) is 0 Å². The van der Waals surface area contributed by atoms with Crippen LogP contribution in [0.25, 0.3) is 0 Å². The third-order valence-electron chi connectivity index (χ3n) is 4.61. The summed E-state index contributed by atoms with van der Waals surface area (Å²) in [5.41, 5.74) is 6.13. The van der Waals surface area contributed by atoms with E-state index in [4.69, 9.17) is 10.5 Å². The van der Waals surface area contributed by atoms with Gasteiger partial charge in [-0.2, -0.15) is 0 Å². The van der Waals surface area contributed by atoms with Gasteiger partial charge in [-0.25, -0.2) is 4.98 Å². The first-order valence-corrected chi connectivity index (χ1v) is 9.53. The van der Waals surface area contributed by atoms with Crippen LogP contribution in [0.1, 0.15) is 56.8 Å². The minimum Gasteiger partial charge on any atom is -0.461 e. The Morgan fingerprint density at radius 2 is 2.00 bits per heavy atom. The molecule has 6 nitrogen and oxygen atoms in total. The predicted molar refractivity (Wildman–Crippen MR) is 104 cm³/mol. The molecule has 0 fully saturated rings. The molecule has 0 radical (unpaired) electrons. The summed E-state index contributed by atoms with van der Waals surface area (Å²) in [6.45, 7) is 2.23. The van der Waals surface area contributed by atoms with E-state index in [1.54, 1.807) is 12.4 Å². The molecule has 0 saturated carbocycles. The van der Waals surface area contributed by atoms with Gasteiger partial charge in [-0.3, -0.25) is 9.59 Å². The normalized spacial score (nSPS) is 13.1. The molecule has 0 saturated heterocycles. The largest absolute Gasteiger partial charge is 0.461 e. The van der Waals surface area contributed by atoms with E-state index in [2.05, 4.69) is 9.97 Å². The first kappa shape index (κ1) is 20.8. The molecular weight excluding hydrogens is 342 g/mol. The zero-order valence-electron chi connectivity index (χ0n) is 15.9. The molecule has 0 bridgehead atoms. The van der Waals surface area contributed by atoms with Crippen LogP contribution in [0.2, 0.25) is 0 Å². The Morgan fingerprint density at radius 1 is 1.22 bits per heavy atom. The molecule has 2 rings (SSSR count). The molecule has 0 spiro atoms. The van der Waals surface area contributed by atoms with E-state index in [-0.39, 0.29) is 18.8 Å². The number of esters is 1. The number of carbonyl (C=O) groups excluding carboxylic acids is 2. The van der Waals surface area contributed by atoms with Crippen LogP contribution >= 0.6 is 0 Å². The highest BCUT2D eigenvalue weighted by atomic mass is 16.5. The Hall–Kier alpha value is -2.47. The van der Waals surface area contributed by atoms with Gasteiger partial charge in [0.05, 0.1) is 12.0 Å². The standard InChI is InChI=1S/C21H29N3O3/c1-2-3-12-21(22,18(25)10-7-11-19-23-13-14-24-19)15-20(26)27-16-17-8-5-4-6-9-17/h4-6,8-9,13-14H,2-3,7,10-12,15-16,22H2,1H3,(H,23,24). The van der Waals surface area contributed by atoms with Gasteiger partial charge in [-0.05, 0) is 18.4 Å². The molecule has 146 valence electrons. The third kappa shape index (κ3) is 6.98. The van der Waals surface area contributed by atoms with Gasteiger partial charge in [-0.15, -0.1) is 0 Å². The molecule has 27 heavy (non-hydrogen) atoms. The summed E-state index contributed by atoms with van der Waals surface area (Å²) in [4.78, 5) is 32.2. The fraction of sp³-hybridized carbons (Fsp3) is 0.476. The number of nitrogens with two attached hydrogens (primary N) is 1. The molecule has 6 heteroatoms. The quantitative estimate of drug-likeness (QED) is 0.558. The van der Waals surface area contributed by atoms with Crippen LogP contribution in [0.15, 0.2) is 42.7 Å². The number of rotatable bonds is 12. The highest BCUT2D eigenvalue weighted by Gasteiger charge is 2.35. The molecule has 0 amide bonds. The predicted octanol–water partition coefficient (Wildman–Crippen LogP) is 3.32. The van der Waals surface area contributed by atoms with Gasteiger partial charge in [-0.1, -0.05) is 50.1 Å². The number of benzene rings is 1. The zero-order valence-corrected chi connectivity index (χ0v) is 15.9. The van der Waals surface area contributed by atoms with Gasteiger partial charge < -0.3 is 15.5 Å². The summed E-state index contributed by atoms with van der Waals surface area (Å²) in [6, 6.07) is 9.46. The lowest BCUT2D eigenvalue weighted by atomic mass is 9.83. The van der Waals surface area contributed by atoms with Crippen LogP contribution in [-0.4, -0.2) is 27.3 Å². The van der Waals surface area contributed by atoms with E-state index in [1.165, 1.54) is 0 Å². The van der Waals surface area contributed by atoms with Crippen molar-refractivity contribution in [3.05, 3.63) is 54.1 Å². The number of H-pyrrole nitrogens is 1. The van der Waals surface area contributed by atoms with Gasteiger partial charge in [0.1, 0.15) is 12.4 Å². The fourth-order valence-electron chi connectivity index (χ4n) is 2.97. The number of aryl methyl sites for hydroxylation is 1. The van der Waals surface area contributed by atoms with Crippen molar-refractivity contribution in [2.45, 2.75) is 64.0 Å². The van der Waals surface area contributed by atoms with Gasteiger partial charge >= 0.3 is 5.97 Å². The van der Waals surface area contributed by atoms with Crippen molar-refractivity contribution in [3.8, 4) is 0 Å². The molecule has 1 aromatic heterocycles. The van der Waals surface area contributed by atoms with Crippen LogP contribution in [0.4, 0.5) is 0 Å². The second kappa shape index (κ2) is 10.6. The Balaban J connectivity index is 1.87. The minimum atomic E-state index is -1.16. The van der Waals surface area contributed by atoms with Crippen molar-refractivity contribution in [2.75, 3.05) is 0 Å². The first-order valence-electron chi connectivity index (χ1n) is 9.53. The van der Waals surface area contributed by atoms with Crippen molar-refractivity contribution in [1.82, 2.24) is 9.97 Å². The molecule has 3 N–H and O–H groups in total. The number of hydrogen-bond acceptors (Lipinski definition) is 5. The van der Waals surface area contributed by atoms with Crippen molar-refractivity contribution in [2.24, 2.45) is 5.73 Å². The van der Waals surface area contributed by atoms with Gasteiger partial charge in [0, 0.05) is 25.2 Å². The second-order valence-electron chi connectivity index (χ2n) is 6.90. The number of Topliss-reactive ketones (excluding diaryl/α,β-unsaturated/α-hetero) is 1. The maximum Gasteiger partial charge on any atom is 0.308 e. The van der Waals surface area contributed by atoms with Crippen molar-refractivity contribution in [1.29, 1.82) is 0 Å². The average Bonchev–Trinajstić information content (AvgIpc) is 3.19. The van der Waals surface area contributed by atoms with Gasteiger partial charge in [0.15, 0.2) is 5.78 Å².